The lowest BCUT2D eigenvalue weighted by atomic mass is 9.75. The smallest absolute Gasteiger partial charge is 0.197 e. The number of hydrogen-bond donors (Lipinski definition) is 1. The lowest BCUT2D eigenvalue weighted by Crippen LogP contribution is -2.61. The molecule has 2 fully saturated rings. The quantitative estimate of drug-likeness (QED) is 0.530. The predicted molar refractivity (Wildman–Crippen MR) is 34.5 cm³/mol. The van der Waals surface area contributed by atoms with E-state index in [0.29, 0.717) is 13.2 Å². The van der Waals surface area contributed by atoms with Gasteiger partial charge in [0.25, 0.3) is 0 Å². The third-order valence-corrected chi connectivity index (χ3v) is 2.52. The van der Waals surface area contributed by atoms with Crippen LogP contribution in [0, 0.1) is 0 Å². The van der Waals surface area contributed by atoms with Crippen molar-refractivity contribution in [1.82, 2.24) is 0 Å². The molecule has 1 unspecified atom stereocenters. The summed E-state index contributed by atoms with van der Waals surface area (Å²) in [6.07, 6.45) is 1.62. The average Bonchev–Trinajstić information content (AvgIpc) is 2.34. The molecule has 0 radical (unpaired) electrons. The molecule has 1 saturated carbocycles. The van der Waals surface area contributed by atoms with Gasteiger partial charge >= 0.3 is 0 Å². The first kappa shape index (κ1) is 6.58. The molecule has 1 aliphatic heterocycles. The molecule has 2 aliphatic rings. The Bertz CT molecular complexity index is 147. The minimum Gasteiger partial charge on any atom is -0.385 e. The first-order valence-corrected chi connectivity index (χ1v) is 3.67. The average molecular weight is 144 g/mol. The van der Waals surface area contributed by atoms with Crippen molar-refractivity contribution in [1.29, 1.82) is 0 Å². The van der Waals surface area contributed by atoms with Gasteiger partial charge < -0.3 is 14.6 Å². The number of aliphatic hydroxyl groups is 1. The lowest BCUT2D eigenvalue weighted by Gasteiger charge is -2.49. The maximum Gasteiger partial charge on any atom is 0.197 e. The van der Waals surface area contributed by atoms with Gasteiger partial charge in [-0.05, 0) is 13.3 Å². The topological polar surface area (TPSA) is 38.7 Å². The van der Waals surface area contributed by atoms with Crippen molar-refractivity contribution in [3.63, 3.8) is 0 Å². The van der Waals surface area contributed by atoms with Gasteiger partial charge in [-0.2, -0.15) is 0 Å². The van der Waals surface area contributed by atoms with E-state index in [2.05, 4.69) is 0 Å². The van der Waals surface area contributed by atoms with Gasteiger partial charge in [0.1, 0.15) is 5.60 Å². The minimum atomic E-state index is -0.747. The molecule has 2 rings (SSSR count). The van der Waals surface area contributed by atoms with Crippen molar-refractivity contribution in [2.45, 2.75) is 31.2 Å². The van der Waals surface area contributed by atoms with Gasteiger partial charge in [-0.3, -0.25) is 0 Å². The zero-order valence-corrected chi connectivity index (χ0v) is 6.09. The zero-order valence-electron chi connectivity index (χ0n) is 6.09. The fourth-order valence-corrected chi connectivity index (χ4v) is 1.60. The van der Waals surface area contributed by atoms with Crippen LogP contribution in [-0.4, -0.2) is 29.7 Å². The maximum absolute atomic E-state index is 9.61. The van der Waals surface area contributed by atoms with E-state index < -0.39 is 11.4 Å². The first-order chi connectivity index (χ1) is 4.66. The van der Waals surface area contributed by atoms with Crippen LogP contribution in [0.2, 0.25) is 0 Å². The fraction of sp³-hybridized carbons (Fsp3) is 1.00. The molecule has 1 spiro atoms. The molecular formula is C7H12O3. The van der Waals surface area contributed by atoms with E-state index in [-0.39, 0.29) is 0 Å². The summed E-state index contributed by atoms with van der Waals surface area (Å²) >= 11 is 0. The van der Waals surface area contributed by atoms with Gasteiger partial charge in [-0.25, -0.2) is 0 Å². The normalized spacial score (nSPS) is 43.8. The summed E-state index contributed by atoms with van der Waals surface area (Å²) in [4.78, 5) is 0. The fourth-order valence-electron chi connectivity index (χ4n) is 1.60. The highest BCUT2D eigenvalue weighted by Crippen LogP contribution is 2.47. The Morgan fingerprint density at radius 2 is 1.80 bits per heavy atom. The first-order valence-electron chi connectivity index (χ1n) is 3.67. The summed E-state index contributed by atoms with van der Waals surface area (Å²) in [6.45, 7) is 3.01. The highest BCUT2D eigenvalue weighted by atomic mass is 16.8. The van der Waals surface area contributed by atoms with Crippen LogP contribution in [0.4, 0.5) is 0 Å². The van der Waals surface area contributed by atoms with E-state index in [9.17, 15) is 5.11 Å². The second-order valence-corrected chi connectivity index (χ2v) is 3.22. The Morgan fingerprint density at radius 1 is 1.20 bits per heavy atom. The molecule has 0 aromatic rings. The molecule has 0 bridgehead atoms. The van der Waals surface area contributed by atoms with Crippen molar-refractivity contribution in [2.24, 2.45) is 0 Å². The van der Waals surface area contributed by atoms with E-state index in [1.807, 2.05) is 0 Å². The summed E-state index contributed by atoms with van der Waals surface area (Å²) in [5.41, 5.74) is -0.747. The van der Waals surface area contributed by atoms with E-state index >= 15 is 0 Å². The molecule has 0 aromatic carbocycles. The molecule has 1 saturated heterocycles. The third-order valence-electron chi connectivity index (χ3n) is 2.52. The van der Waals surface area contributed by atoms with Crippen molar-refractivity contribution >= 4 is 0 Å². The SMILES string of the molecule is CC1(O)CCC12OCCO2. The summed E-state index contributed by atoms with van der Waals surface area (Å²) in [6, 6.07) is 0. The Labute approximate surface area is 59.9 Å². The van der Waals surface area contributed by atoms with E-state index in [1.54, 1.807) is 6.92 Å². The Morgan fingerprint density at radius 3 is 2.00 bits per heavy atom. The largest absolute Gasteiger partial charge is 0.385 e. The molecule has 0 amide bonds. The zero-order chi connectivity index (χ0) is 7.24. The van der Waals surface area contributed by atoms with E-state index in [1.165, 1.54) is 0 Å². The van der Waals surface area contributed by atoms with Crippen molar-refractivity contribution in [3.8, 4) is 0 Å². The number of rotatable bonds is 0. The highest BCUT2D eigenvalue weighted by molar-refractivity contribution is 5.03. The highest BCUT2D eigenvalue weighted by Gasteiger charge is 2.59. The summed E-state index contributed by atoms with van der Waals surface area (Å²) in [5, 5.41) is 9.61. The monoisotopic (exact) mass is 144 g/mol. The van der Waals surface area contributed by atoms with E-state index in [4.69, 9.17) is 9.47 Å². The molecule has 0 aromatic heterocycles. The summed E-state index contributed by atoms with van der Waals surface area (Å²) in [7, 11) is 0. The molecule has 1 atom stereocenters. The Hall–Kier alpha value is -0.120. The van der Waals surface area contributed by atoms with Gasteiger partial charge in [-0.15, -0.1) is 0 Å². The van der Waals surface area contributed by atoms with Crippen LogP contribution in [0.15, 0.2) is 0 Å². The van der Waals surface area contributed by atoms with Gasteiger partial charge in [0.2, 0.25) is 0 Å². The van der Waals surface area contributed by atoms with Crippen molar-refractivity contribution in [3.05, 3.63) is 0 Å². The summed E-state index contributed by atoms with van der Waals surface area (Å²) in [5.74, 6) is -0.632. The summed E-state index contributed by atoms with van der Waals surface area (Å²) < 4.78 is 10.6. The van der Waals surface area contributed by atoms with Crippen LogP contribution in [-0.2, 0) is 9.47 Å². The molecule has 10 heavy (non-hydrogen) atoms. The molecular weight excluding hydrogens is 132 g/mol. The van der Waals surface area contributed by atoms with Gasteiger partial charge in [0.15, 0.2) is 5.79 Å². The molecule has 58 valence electrons. The van der Waals surface area contributed by atoms with Crippen LogP contribution >= 0.6 is 0 Å². The van der Waals surface area contributed by atoms with Crippen LogP contribution in [0.5, 0.6) is 0 Å². The molecule has 3 heteroatoms. The van der Waals surface area contributed by atoms with Gasteiger partial charge in [0.05, 0.1) is 13.2 Å². The van der Waals surface area contributed by atoms with E-state index in [0.717, 1.165) is 12.8 Å². The third kappa shape index (κ3) is 0.603. The molecule has 1 N–H and O–H groups in total. The van der Waals surface area contributed by atoms with Crippen LogP contribution in [0.25, 0.3) is 0 Å². The van der Waals surface area contributed by atoms with Crippen LogP contribution in [0.3, 0.4) is 0 Å². The van der Waals surface area contributed by atoms with Crippen molar-refractivity contribution < 1.29 is 14.6 Å². The molecule has 1 aliphatic carbocycles. The van der Waals surface area contributed by atoms with Crippen LogP contribution in [0.1, 0.15) is 19.8 Å². The van der Waals surface area contributed by atoms with Gasteiger partial charge in [0, 0.05) is 6.42 Å². The lowest BCUT2D eigenvalue weighted by molar-refractivity contribution is -0.319. The number of hydrogen-bond acceptors (Lipinski definition) is 3. The second-order valence-electron chi connectivity index (χ2n) is 3.22. The predicted octanol–water partition coefficient (Wildman–Crippen LogP) is 0.274. The second kappa shape index (κ2) is 1.72. The molecule has 1 heterocycles. The van der Waals surface area contributed by atoms with Crippen molar-refractivity contribution in [2.75, 3.05) is 13.2 Å². The standard InChI is InChI=1S/C7H12O3/c1-6(8)2-3-7(6)9-4-5-10-7/h8H,2-5H2,1H3. The van der Waals surface area contributed by atoms with Gasteiger partial charge in [-0.1, -0.05) is 0 Å². The van der Waals surface area contributed by atoms with Crippen LogP contribution < -0.4 is 0 Å². The maximum atomic E-state index is 9.61. The Kier molecular flexibility index (Phi) is 1.14. The molecule has 3 nitrogen and oxygen atoms in total. The minimum absolute atomic E-state index is 0.621. The Balaban J connectivity index is 2.15. The number of ether oxygens (including phenoxy) is 2.